The third-order valence-corrected chi connectivity index (χ3v) is 5.06. The summed E-state index contributed by atoms with van der Waals surface area (Å²) in [5.41, 5.74) is 3.80. The predicted molar refractivity (Wildman–Crippen MR) is 123 cm³/mol. The number of terminal acetylenes is 1. The van der Waals surface area contributed by atoms with Crippen LogP contribution in [0.15, 0.2) is 59.4 Å². The molecule has 0 atom stereocenters. The summed E-state index contributed by atoms with van der Waals surface area (Å²) < 4.78 is 3.11. The molecule has 8 heteroatoms. The van der Waals surface area contributed by atoms with E-state index in [1.165, 1.54) is 4.68 Å². The minimum Gasteiger partial charge on any atom is -0.271 e. The third-order valence-electron chi connectivity index (χ3n) is 5.06. The van der Waals surface area contributed by atoms with Crippen molar-refractivity contribution in [2.45, 2.75) is 32.9 Å². The van der Waals surface area contributed by atoms with Crippen molar-refractivity contribution in [3.63, 3.8) is 0 Å². The quantitative estimate of drug-likeness (QED) is 0.437. The second-order valence-corrected chi connectivity index (χ2v) is 7.21. The molecule has 0 aliphatic heterocycles. The van der Waals surface area contributed by atoms with E-state index in [1.807, 2.05) is 67.6 Å². The van der Waals surface area contributed by atoms with Gasteiger partial charge in [-0.05, 0) is 39.6 Å². The zero-order valence-electron chi connectivity index (χ0n) is 17.8. The topological polar surface area (TPSA) is 94.3 Å². The molecular weight excluding hydrogens is 402 g/mol. The molecule has 32 heavy (non-hydrogen) atoms. The average Bonchev–Trinajstić information content (AvgIpc) is 3.46. The van der Waals surface area contributed by atoms with E-state index in [-0.39, 0.29) is 5.69 Å². The molecule has 2 aromatic heterocycles. The van der Waals surface area contributed by atoms with Gasteiger partial charge in [0.05, 0.1) is 13.1 Å². The highest BCUT2D eigenvalue weighted by Gasteiger charge is 2.13. The van der Waals surface area contributed by atoms with Gasteiger partial charge in [-0.15, -0.1) is 17.4 Å². The summed E-state index contributed by atoms with van der Waals surface area (Å²) >= 11 is 0. The van der Waals surface area contributed by atoms with Crippen molar-refractivity contribution >= 4 is 6.08 Å². The van der Waals surface area contributed by atoms with Gasteiger partial charge < -0.3 is 0 Å². The number of allylic oxidation sites excluding steroid dienone is 1. The van der Waals surface area contributed by atoms with Gasteiger partial charge in [-0.1, -0.05) is 61.5 Å². The van der Waals surface area contributed by atoms with Gasteiger partial charge >= 0.3 is 5.69 Å². The highest BCUT2D eigenvalue weighted by atomic mass is 16.2. The fourth-order valence-corrected chi connectivity index (χ4v) is 3.46. The summed E-state index contributed by atoms with van der Waals surface area (Å²) in [4.78, 5) is 12.9. The lowest BCUT2D eigenvalue weighted by Gasteiger charge is -2.09. The van der Waals surface area contributed by atoms with Crippen molar-refractivity contribution in [1.29, 1.82) is 0 Å². The molecule has 0 unspecified atom stereocenters. The molecule has 4 aromatic rings. The van der Waals surface area contributed by atoms with E-state index in [9.17, 15) is 4.79 Å². The molecule has 4 rings (SSSR count). The Morgan fingerprint density at radius 2 is 1.91 bits per heavy atom. The molecule has 2 heterocycles. The Hall–Kier alpha value is -4.25. The fraction of sp³-hybridized carbons (Fsp3) is 0.208. The second kappa shape index (κ2) is 9.71. The fourth-order valence-electron chi connectivity index (χ4n) is 3.46. The number of aromatic amines is 1. The van der Waals surface area contributed by atoms with E-state index < -0.39 is 0 Å². The molecule has 0 aliphatic carbocycles. The van der Waals surface area contributed by atoms with Crippen LogP contribution in [0.25, 0.3) is 28.6 Å². The molecule has 2 aromatic carbocycles. The van der Waals surface area contributed by atoms with Crippen LogP contribution in [-0.4, -0.2) is 35.0 Å². The summed E-state index contributed by atoms with van der Waals surface area (Å²) in [7, 11) is 0. The van der Waals surface area contributed by atoms with Gasteiger partial charge in [0, 0.05) is 12.0 Å². The van der Waals surface area contributed by atoms with Crippen LogP contribution in [0.5, 0.6) is 0 Å². The molecule has 0 saturated heterocycles. The van der Waals surface area contributed by atoms with Gasteiger partial charge in [0.2, 0.25) is 0 Å². The lowest BCUT2D eigenvalue weighted by atomic mass is 9.98. The van der Waals surface area contributed by atoms with Crippen molar-refractivity contribution in [3.8, 4) is 34.9 Å². The Morgan fingerprint density at radius 3 is 2.59 bits per heavy atom. The largest absolute Gasteiger partial charge is 0.346 e. The van der Waals surface area contributed by atoms with Crippen LogP contribution in [0.2, 0.25) is 0 Å². The Balaban J connectivity index is 1.63. The van der Waals surface area contributed by atoms with Crippen LogP contribution in [0.1, 0.15) is 31.2 Å². The summed E-state index contributed by atoms with van der Waals surface area (Å²) in [6.45, 7) is 2.87. The standard InChI is InChI=1S/C24H23N7O/c1-3-5-11-22-27-31(16-6-4-2)24(32)30(22)17-18-12-14-19(15-13-18)20-9-7-8-10-21(20)23-25-28-29-26-23/h2,5,7-15H,3,6,16-17H2,1H3,(H,25,26,28,29). The Kier molecular flexibility index (Phi) is 6.37. The van der Waals surface area contributed by atoms with Crippen LogP contribution in [0.4, 0.5) is 0 Å². The van der Waals surface area contributed by atoms with Gasteiger partial charge in [0.15, 0.2) is 11.6 Å². The number of rotatable bonds is 8. The van der Waals surface area contributed by atoms with Crippen LogP contribution >= 0.6 is 0 Å². The number of H-pyrrole nitrogens is 1. The van der Waals surface area contributed by atoms with E-state index in [0.29, 0.717) is 31.2 Å². The van der Waals surface area contributed by atoms with E-state index in [4.69, 9.17) is 6.42 Å². The number of aromatic nitrogens is 7. The SMILES string of the molecule is C#CCCn1nc(C=CCC)n(Cc2ccc(-c3ccccc3-c3nnn[nH]3)cc2)c1=O. The molecule has 0 fully saturated rings. The highest BCUT2D eigenvalue weighted by Crippen LogP contribution is 2.29. The summed E-state index contributed by atoms with van der Waals surface area (Å²) in [6.07, 6.45) is 10.5. The number of tetrazole rings is 1. The molecule has 0 aliphatic rings. The molecule has 0 spiro atoms. The first kappa shape index (κ1) is 21.0. The minimum absolute atomic E-state index is 0.164. The normalized spacial score (nSPS) is 11.1. The number of aryl methyl sites for hydroxylation is 1. The number of nitrogens with zero attached hydrogens (tertiary/aromatic N) is 6. The maximum Gasteiger partial charge on any atom is 0.346 e. The third kappa shape index (κ3) is 4.42. The zero-order valence-corrected chi connectivity index (χ0v) is 17.8. The summed E-state index contributed by atoms with van der Waals surface area (Å²) in [5.74, 6) is 3.80. The summed E-state index contributed by atoms with van der Waals surface area (Å²) in [5, 5.41) is 18.6. The van der Waals surface area contributed by atoms with E-state index in [1.54, 1.807) is 4.57 Å². The van der Waals surface area contributed by atoms with Gasteiger partial charge in [0.1, 0.15) is 0 Å². The molecule has 0 saturated carbocycles. The molecule has 160 valence electrons. The highest BCUT2D eigenvalue weighted by molar-refractivity contribution is 5.80. The average molecular weight is 425 g/mol. The lowest BCUT2D eigenvalue weighted by Crippen LogP contribution is -2.25. The van der Waals surface area contributed by atoms with E-state index in [2.05, 4.69) is 31.6 Å². The van der Waals surface area contributed by atoms with E-state index >= 15 is 0 Å². The van der Waals surface area contributed by atoms with Gasteiger partial charge in [-0.25, -0.2) is 14.6 Å². The Bertz CT molecular complexity index is 1310. The van der Waals surface area contributed by atoms with Crippen molar-refractivity contribution in [1.82, 2.24) is 35.0 Å². The van der Waals surface area contributed by atoms with Crippen molar-refractivity contribution < 1.29 is 0 Å². The Morgan fingerprint density at radius 1 is 1.12 bits per heavy atom. The zero-order chi connectivity index (χ0) is 22.3. The molecular formula is C24H23N7O. The Labute approximate surface area is 185 Å². The lowest BCUT2D eigenvalue weighted by molar-refractivity contribution is 0.592. The van der Waals surface area contributed by atoms with Crippen molar-refractivity contribution in [2.75, 3.05) is 0 Å². The monoisotopic (exact) mass is 425 g/mol. The van der Waals surface area contributed by atoms with Crippen molar-refractivity contribution in [3.05, 3.63) is 76.5 Å². The van der Waals surface area contributed by atoms with Crippen LogP contribution in [0.3, 0.4) is 0 Å². The molecule has 8 nitrogen and oxygen atoms in total. The van der Waals surface area contributed by atoms with Crippen LogP contribution in [0, 0.1) is 12.3 Å². The number of benzene rings is 2. The number of hydrogen-bond acceptors (Lipinski definition) is 5. The first-order valence-corrected chi connectivity index (χ1v) is 10.4. The first-order valence-electron chi connectivity index (χ1n) is 10.4. The van der Waals surface area contributed by atoms with Crippen molar-refractivity contribution in [2.24, 2.45) is 0 Å². The van der Waals surface area contributed by atoms with Crippen LogP contribution in [-0.2, 0) is 13.1 Å². The molecule has 1 N–H and O–H groups in total. The predicted octanol–water partition coefficient (Wildman–Crippen LogP) is 3.39. The summed E-state index contributed by atoms with van der Waals surface area (Å²) in [6, 6.07) is 16.0. The molecule has 0 radical (unpaired) electrons. The first-order chi connectivity index (χ1) is 15.7. The number of hydrogen-bond donors (Lipinski definition) is 1. The smallest absolute Gasteiger partial charge is 0.271 e. The van der Waals surface area contributed by atoms with Gasteiger partial charge in [-0.3, -0.25) is 4.57 Å². The number of nitrogens with one attached hydrogen (secondary N) is 1. The minimum atomic E-state index is -0.164. The van der Waals surface area contributed by atoms with E-state index in [0.717, 1.165) is 28.7 Å². The molecule has 0 amide bonds. The van der Waals surface area contributed by atoms with Gasteiger partial charge in [-0.2, -0.15) is 5.10 Å². The maximum atomic E-state index is 12.9. The molecule has 0 bridgehead atoms. The second-order valence-electron chi connectivity index (χ2n) is 7.21. The van der Waals surface area contributed by atoms with Crippen LogP contribution < -0.4 is 5.69 Å². The van der Waals surface area contributed by atoms with Gasteiger partial charge in [0.25, 0.3) is 0 Å². The maximum absolute atomic E-state index is 12.9.